The van der Waals surface area contributed by atoms with Crippen molar-refractivity contribution in [3.05, 3.63) is 0 Å². The second-order valence-electron chi connectivity index (χ2n) is 10.3. The van der Waals surface area contributed by atoms with Gasteiger partial charge >= 0.3 is 11.9 Å². The number of hydrogen-bond acceptors (Lipinski definition) is 2. The smallest absolute Gasteiger partial charge is 0.310 e. The molecule has 0 radical (unpaired) electrons. The van der Waals surface area contributed by atoms with Gasteiger partial charge in [0.2, 0.25) is 0 Å². The maximum absolute atomic E-state index is 12.1. The SMILES string of the molecule is CC1(C(=O)O)CCCC2(C)C3CC4C5CC3(CCC12)CC45C(=O)O. The zero-order chi connectivity index (χ0) is 17.1. The van der Waals surface area contributed by atoms with Crippen LogP contribution in [0.25, 0.3) is 0 Å². The number of carboxylic acid groups (broad SMARTS) is 2. The van der Waals surface area contributed by atoms with E-state index in [2.05, 4.69) is 6.92 Å². The molecule has 0 amide bonds. The molecule has 4 nitrogen and oxygen atoms in total. The Morgan fingerprint density at radius 3 is 2.33 bits per heavy atom. The van der Waals surface area contributed by atoms with Crippen molar-refractivity contribution in [2.45, 2.75) is 65.2 Å². The summed E-state index contributed by atoms with van der Waals surface area (Å²) in [5.74, 6) is 0.402. The van der Waals surface area contributed by atoms with Crippen molar-refractivity contribution in [2.24, 2.45) is 45.3 Å². The van der Waals surface area contributed by atoms with Gasteiger partial charge in [-0.15, -0.1) is 0 Å². The molecule has 0 aromatic rings. The second kappa shape index (κ2) is 4.02. The van der Waals surface area contributed by atoms with Gasteiger partial charge in [-0.05, 0) is 86.4 Å². The predicted octanol–water partition coefficient (Wildman–Crippen LogP) is 3.79. The molecule has 24 heavy (non-hydrogen) atoms. The Morgan fingerprint density at radius 1 is 0.958 bits per heavy atom. The standard InChI is InChI=1S/C20H28O4/c1-17-5-3-6-18(2,15(21)22)13(17)4-7-19-9-12-11(8-14(17)19)20(12,10-19)16(23)24/h11-14H,3-10H2,1-2H3,(H,21,22)(H,23,24). The summed E-state index contributed by atoms with van der Waals surface area (Å²) in [6.07, 6.45) is 7.97. The van der Waals surface area contributed by atoms with Crippen molar-refractivity contribution >= 4 is 11.9 Å². The molecular formula is C20H28O4. The van der Waals surface area contributed by atoms with Gasteiger partial charge in [0.25, 0.3) is 0 Å². The van der Waals surface area contributed by atoms with E-state index in [9.17, 15) is 19.8 Å². The van der Waals surface area contributed by atoms with Crippen LogP contribution in [0.5, 0.6) is 0 Å². The molecule has 0 aliphatic heterocycles. The van der Waals surface area contributed by atoms with Crippen molar-refractivity contribution < 1.29 is 19.8 Å². The lowest BCUT2D eigenvalue weighted by Crippen LogP contribution is -2.59. The lowest BCUT2D eigenvalue weighted by atomic mass is 9.39. The molecule has 8 atom stereocenters. The van der Waals surface area contributed by atoms with Crippen LogP contribution < -0.4 is 0 Å². The molecule has 6 aliphatic rings. The summed E-state index contributed by atoms with van der Waals surface area (Å²) in [4.78, 5) is 24.0. The molecule has 6 fully saturated rings. The van der Waals surface area contributed by atoms with Gasteiger partial charge in [0.05, 0.1) is 10.8 Å². The van der Waals surface area contributed by atoms with E-state index in [1.54, 1.807) is 0 Å². The first-order valence-electron chi connectivity index (χ1n) is 9.68. The molecule has 6 aliphatic carbocycles. The molecule has 1 spiro atoms. The quantitative estimate of drug-likeness (QED) is 0.806. The Labute approximate surface area is 143 Å². The lowest BCUT2D eigenvalue weighted by molar-refractivity contribution is -0.188. The highest BCUT2D eigenvalue weighted by Crippen LogP contribution is 2.85. The minimum absolute atomic E-state index is 0.0852. The lowest BCUT2D eigenvalue weighted by Gasteiger charge is -2.64. The van der Waals surface area contributed by atoms with Crippen LogP contribution in [-0.4, -0.2) is 22.2 Å². The number of carboxylic acids is 2. The van der Waals surface area contributed by atoms with Gasteiger partial charge in [-0.2, -0.15) is 0 Å². The molecule has 4 heteroatoms. The number of hydrogen-bond donors (Lipinski definition) is 2. The van der Waals surface area contributed by atoms with Gasteiger partial charge in [-0.25, -0.2) is 0 Å². The second-order valence-corrected chi connectivity index (χ2v) is 10.3. The van der Waals surface area contributed by atoms with Crippen LogP contribution in [0.1, 0.15) is 65.2 Å². The molecule has 8 unspecified atom stereocenters. The van der Waals surface area contributed by atoms with E-state index in [4.69, 9.17) is 0 Å². The maximum Gasteiger partial charge on any atom is 0.310 e. The first kappa shape index (κ1) is 15.2. The fraction of sp³-hybridized carbons (Fsp3) is 0.900. The third-order valence-electron chi connectivity index (χ3n) is 9.79. The molecular weight excluding hydrogens is 304 g/mol. The van der Waals surface area contributed by atoms with E-state index in [1.807, 2.05) is 6.92 Å². The molecule has 6 saturated carbocycles. The Balaban J connectivity index is 1.54. The van der Waals surface area contributed by atoms with Gasteiger partial charge in [0, 0.05) is 0 Å². The van der Waals surface area contributed by atoms with Crippen molar-refractivity contribution in [1.82, 2.24) is 0 Å². The topological polar surface area (TPSA) is 74.6 Å². The Kier molecular flexibility index (Phi) is 2.55. The van der Waals surface area contributed by atoms with Crippen molar-refractivity contribution in [2.75, 3.05) is 0 Å². The van der Waals surface area contributed by atoms with Gasteiger partial charge in [0.1, 0.15) is 0 Å². The molecule has 0 heterocycles. The summed E-state index contributed by atoms with van der Waals surface area (Å²) in [7, 11) is 0. The van der Waals surface area contributed by atoms with Crippen LogP contribution in [0.3, 0.4) is 0 Å². The monoisotopic (exact) mass is 332 g/mol. The Bertz CT molecular complexity index is 658. The van der Waals surface area contributed by atoms with E-state index in [0.29, 0.717) is 17.8 Å². The summed E-state index contributed by atoms with van der Waals surface area (Å²) < 4.78 is 0. The summed E-state index contributed by atoms with van der Waals surface area (Å²) in [6.45, 7) is 4.33. The van der Waals surface area contributed by atoms with E-state index in [1.165, 1.54) is 0 Å². The van der Waals surface area contributed by atoms with E-state index in [0.717, 1.165) is 51.4 Å². The summed E-state index contributed by atoms with van der Waals surface area (Å²) in [5, 5.41) is 19.7. The minimum atomic E-state index is -0.622. The maximum atomic E-state index is 12.1. The average Bonchev–Trinajstić information content (AvgIpc) is 3.02. The van der Waals surface area contributed by atoms with Crippen molar-refractivity contribution in [3.8, 4) is 0 Å². The number of carbonyl (C=O) groups is 2. The fourth-order valence-electron chi connectivity index (χ4n) is 8.82. The van der Waals surface area contributed by atoms with Crippen LogP contribution in [0, 0.1) is 45.3 Å². The molecule has 6 rings (SSSR count). The zero-order valence-electron chi connectivity index (χ0n) is 14.7. The van der Waals surface area contributed by atoms with Crippen LogP contribution in [0.4, 0.5) is 0 Å². The number of rotatable bonds is 2. The largest absolute Gasteiger partial charge is 0.481 e. The number of fused-ring (bicyclic) bond motifs is 1. The normalized spacial score (nSPS) is 60.1. The van der Waals surface area contributed by atoms with Gasteiger partial charge in [-0.1, -0.05) is 13.3 Å². The zero-order valence-corrected chi connectivity index (χ0v) is 14.7. The fourth-order valence-corrected chi connectivity index (χ4v) is 8.82. The third kappa shape index (κ3) is 1.37. The minimum Gasteiger partial charge on any atom is -0.481 e. The Morgan fingerprint density at radius 2 is 1.71 bits per heavy atom. The highest BCUT2D eigenvalue weighted by molar-refractivity contribution is 5.81. The molecule has 0 aromatic heterocycles. The van der Waals surface area contributed by atoms with E-state index < -0.39 is 22.8 Å². The molecule has 0 aromatic carbocycles. The summed E-state index contributed by atoms with van der Waals surface area (Å²) in [6, 6.07) is 0. The van der Waals surface area contributed by atoms with Crippen molar-refractivity contribution in [3.63, 3.8) is 0 Å². The van der Waals surface area contributed by atoms with Crippen LogP contribution in [-0.2, 0) is 9.59 Å². The van der Waals surface area contributed by atoms with Gasteiger partial charge in [-0.3, -0.25) is 9.59 Å². The van der Waals surface area contributed by atoms with E-state index >= 15 is 0 Å². The summed E-state index contributed by atoms with van der Waals surface area (Å²) >= 11 is 0. The molecule has 4 bridgehead atoms. The molecule has 132 valence electrons. The third-order valence-corrected chi connectivity index (χ3v) is 9.79. The highest BCUT2D eigenvalue weighted by atomic mass is 16.4. The molecule has 2 N–H and O–H groups in total. The molecule has 0 saturated heterocycles. The van der Waals surface area contributed by atoms with Gasteiger partial charge in [0.15, 0.2) is 0 Å². The predicted molar refractivity (Wildman–Crippen MR) is 87.2 cm³/mol. The van der Waals surface area contributed by atoms with Crippen LogP contribution >= 0.6 is 0 Å². The van der Waals surface area contributed by atoms with Crippen molar-refractivity contribution in [1.29, 1.82) is 0 Å². The van der Waals surface area contributed by atoms with Crippen LogP contribution in [0.15, 0.2) is 0 Å². The first-order valence-corrected chi connectivity index (χ1v) is 9.68. The first-order chi connectivity index (χ1) is 11.2. The number of aliphatic carboxylic acids is 2. The van der Waals surface area contributed by atoms with Gasteiger partial charge < -0.3 is 10.2 Å². The summed E-state index contributed by atoms with van der Waals surface area (Å²) in [5.41, 5.74) is -0.714. The average molecular weight is 332 g/mol. The Hall–Kier alpha value is -1.06. The van der Waals surface area contributed by atoms with E-state index in [-0.39, 0.29) is 16.7 Å². The highest BCUT2D eigenvalue weighted by Gasteiger charge is 2.83. The van der Waals surface area contributed by atoms with Crippen LogP contribution in [0.2, 0.25) is 0 Å².